The number of rotatable bonds is 3. The number of aromatic nitrogens is 1. The zero-order valence-corrected chi connectivity index (χ0v) is 12.3. The van der Waals surface area contributed by atoms with Crippen LogP contribution in [0.2, 0.25) is 0 Å². The smallest absolute Gasteiger partial charge is 0.150 e. The van der Waals surface area contributed by atoms with Gasteiger partial charge in [-0.15, -0.1) is 0 Å². The van der Waals surface area contributed by atoms with E-state index in [1.54, 1.807) is 0 Å². The summed E-state index contributed by atoms with van der Waals surface area (Å²) < 4.78 is 29.3. The van der Waals surface area contributed by atoms with Crippen molar-refractivity contribution >= 4 is 20.7 Å². The molecule has 0 saturated heterocycles. The molecule has 2 atom stereocenters. The highest BCUT2D eigenvalue weighted by Crippen LogP contribution is 2.28. The molecule has 108 valence electrons. The molecule has 0 aliphatic heterocycles. The number of nitrogens with one attached hydrogen (secondary N) is 1. The van der Waals surface area contributed by atoms with Crippen LogP contribution in [0.25, 0.3) is 10.9 Å². The quantitative estimate of drug-likeness (QED) is 0.946. The van der Waals surface area contributed by atoms with Crippen LogP contribution in [-0.2, 0) is 9.84 Å². The molecular formula is C15H19NO3S. The second-order valence-corrected chi connectivity index (χ2v) is 7.91. The molecule has 2 aromatic rings. The molecular weight excluding hydrogens is 274 g/mol. The number of H-pyrrole nitrogens is 1. The predicted octanol–water partition coefficient (Wildman–Crippen LogP) is 2.90. The van der Waals surface area contributed by atoms with Crippen LogP contribution in [0.15, 0.2) is 30.5 Å². The van der Waals surface area contributed by atoms with Crippen molar-refractivity contribution in [3.05, 3.63) is 30.5 Å². The summed E-state index contributed by atoms with van der Waals surface area (Å²) >= 11 is 0. The third kappa shape index (κ3) is 2.82. The number of hydrogen-bond acceptors (Lipinski definition) is 3. The van der Waals surface area contributed by atoms with E-state index in [0.29, 0.717) is 6.42 Å². The van der Waals surface area contributed by atoms with E-state index in [9.17, 15) is 8.42 Å². The third-order valence-corrected chi connectivity index (χ3v) is 5.65. The van der Waals surface area contributed by atoms with Crippen molar-refractivity contribution in [1.29, 1.82) is 0 Å². The molecule has 0 spiro atoms. The largest absolute Gasteiger partial charge is 0.490 e. The summed E-state index contributed by atoms with van der Waals surface area (Å²) in [5, 5.41) is 0.857. The van der Waals surface area contributed by atoms with Gasteiger partial charge in [0.05, 0.1) is 11.4 Å². The second kappa shape index (κ2) is 5.13. The minimum Gasteiger partial charge on any atom is -0.490 e. The van der Waals surface area contributed by atoms with Gasteiger partial charge in [0, 0.05) is 29.8 Å². The standard InChI is InChI=1S/C15H19NO3S/c1-20(17,18)14-4-2-3-12(10-14)19-13-5-6-15-11(9-13)7-8-16-15/h5-9,12,14,16H,2-4,10H2,1H3. The molecule has 0 bridgehead atoms. The average Bonchev–Trinajstić information content (AvgIpc) is 2.85. The topological polar surface area (TPSA) is 59.2 Å². The van der Waals surface area contributed by atoms with Gasteiger partial charge in [-0.25, -0.2) is 8.42 Å². The number of aromatic amines is 1. The molecule has 5 heteroatoms. The molecule has 20 heavy (non-hydrogen) atoms. The lowest BCUT2D eigenvalue weighted by Crippen LogP contribution is -2.33. The maximum Gasteiger partial charge on any atom is 0.150 e. The zero-order valence-electron chi connectivity index (χ0n) is 11.5. The lowest BCUT2D eigenvalue weighted by atomic mass is 9.97. The lowest BCUT2D eigenvalue weighted by molar-refractivity contribution is 0.156. The Kier molecular flexibility index (Phi) is 3.46. The van der Waals surface area contributed by atoms with Crippen molar-refractivity contribution in [2.45, 2.75) is 37.0 Å². The van der Waals surface area contributed by atoms with Gasteiger partial charge < -0.3 is 9.72 Å². The molecule has 2 unspecified atom stereocenters. The summed E-state index contributed by atoms with van der Waals surface area (Å²) in [7, 11) is -2.96. The summed E-state index contributed by atoms with van der Waals surface area (Å²) in [6.07, 6.45) is 6.42. The van der Waals surface area contributed by atoms with Gasteiger partial charge in [0.25, 0.3) is 0 Å². The third-order valence-electron chi connectivity index (χ3n) is 4.01. The van der Waals surface area contributed by atoms with E-state index in [-0.39, 0.29) is 11.4 Å². The normalized spacial score (nSPS) is 23.9. The number of benzene rings is 1. The minimum absolute atomic E-state index is 0.000123. The molecule has 0 radical (unpaired) electrons. The first-order valence-corrected chi connectivity index (χ1v) is 8.90. The van der Waals surface area contributed by atoms with Crippen LogP contribution in [0.4, 0.5) is 0 Å². The predicted molar refractivity (Wildman–Crippen MR) is 79.8 cm³/mol. The van der Waals surface area contributed by atoms with Crippen molar-refractivity contribution in [2.24, 2.45) is 0 Å². The van der Waals surface area contributed by atoms with Gasteiger partial charge in [-0.1, -0.05) is 0 Å². The van der Waals surface area contributed by atoms with E-state index in [4.69, 9.17) is 4.74 Å². The van der Waals surface area contributed by atoms with Gasteiger partial charge in [-0.3, -0.25) is 0 Å². The lowest BCUT2D eigenvalue weighted by Gasteiger charge is -2.28. The first kappa shape index (κ1) is 13.5. The van der Waals surface area contributed by atoms with Gasteiger partial charge in [0.1, 0.15) is 15.6 Å². The Bertz CT molecular complexity index is 705. The first-order valence-electron chi connectivity index (χ1n) is 6.95. The van der Waals surface area contributed by atoms with E-state index in [1.165, 1.54) is 6.26 Å². The fourth-order valence-corrected chi connectivity index (χ4v) is 4.05. The van der Waals surface area contributed by atoms with E-state index < -0.39 is 9.84 Å². The van der Waals surface area contributed by atoms with Crippen LogP contribution in [0.3, 0.4) is 0 Å². The van der Waals surface area contributed by atoms with Crippen molar-refractivity contribution in [2.75, 3.05) is 6.26 Å². The Morgan fingerprint density at radius 2 is 2.10 bits per heavy atom. The number of hydrogen-bond donors (Lipinski definition) is 1. The maximum atomic E-state index is 11.7. The number of fused-ring (bicyclic) bond motifs is 1. The number of ether oxygens (including phenoxy) is 1. The Labute approximate surface area is 119 Å². The van der Waals surface area contributed by atoms with E-state index >= 15 is 0 Å². The molecule has 1 aliphatic rings. The molecule has 3 rings (SSSR count). The van der Waals surface area contributed by atoms with E-state index in [0.717, 1.165) is 35.9 Å². The van der Waals surface area contributed by atoms with Crippen molar-refractivity contribution in [3.63, 3.8) is 0 Å². The molecule has 1 fully saturated rings. The van der Waals surface area contributed by atoms with Gasteiger partial charge in [0.2, 0.25) is 0 Å². The van der Waals surface area contributed by atoms with Crippen LogP contribution in [0.5, 0.6) is 5.75 Å². The van der Waals surface area contributed by atoms with Crippen LogP contribution in [0, 0.1) is 0 Å². The van der Waals surface area contributed by atoms with E-state index in [1.807, 2.05) is 30.5 Å². The summed E-state index contributed by atoms with van der Waals surface area (Å²) in [6, 6.07) is 7.92. The molecule has 1 aliphatic carbocycles. The fraction of sp³-hybridized carbons (Fsp3) is 0.467. The Morgan fingerprint density at radius 3 is 2.90 bits per heavy atom. The summed E-state index contributed by atoms with van der Waals surface area (Å²) in [4.78, 5) is 3.14. The van der Waals surface area contributed by atoms with Crippen molar-refractivity contribution in [1.82, 2.24) is 4.98 Å². The molecule has 1 aromatic heterocycles. The first-order chi connectivity index (χ1) is 9.52. The molecule has 1 saturated carbocycles. The zero-order chi connectivity index (χ0) is 14.2. The maximum absolute atomic E-state index is 11.7. The van der Waals surface area contributed by atoms with Crippen molar-refractivity contribution < 1.29 is 13.2 Å². The van der Waals surface area contributed by atoms with Gasteiger partial charge in [0.15, 0.2) is 0 Å². The highest BCUT2D eigenvalue weighted by Gasteiger charge is 2.29. The monoisotopic (exact) mass is 293 g/mol. The fourth-order valence-electron chi connectivity index (χ4n) is 2.90. The Hall–Kier alpha value is -1.49. The van der Waals surface area contributed by atoms with Crippen LogP contribution in [0.1, 0.15) is 25.7 Å². The molecule has 0 amide bonds. The van der Waals surface area contributed by atoms with Crippen molar-refractivity contribution in [3.8, 4) is 5.75 Å². The van der Waals surface area contributed by atoms with Gasteiger partial charge in [-0.2, -0.15) is 0 Å². The molecule has 1 N–H and O–H groups in total. The Balaban J connectivity index is 1.73. The van der Waals surface area contributed by atoms with Crippen LogP contribution >= 0.6 is 0 Å². The second-order valence-electron chi connectivity index (χ2n) is 5.58. The molecule has 1 heterocycles. The van der Waals surface area contributed by atoms with Crippen LogP contribution in [-0.4, -0.2) is 31.0 Å². The van der Waals surface area contributed by atoms with E-state index in [2.05, 4.69) is 4.98 Å². The number of sulfone groups is 1. The summed E-state index contributed by atoms with van der Waals surface area (Å²) in [6.45, 7) is 0. The highest BCUT2D eigenvalue weighted by atomic mass is 32.2. The summed E-state index contributed by atoms with van der Waals surface area (Å²) in [5.41, 5.74) is 1.08. The van der Waals surface area contributed by atoms with Crippen LogP contribution < -0.4 is 4.74 Å². The highest BCUT2D eigenvalue weighted by molar-refractivity contribution is 7.91. The molecule has 4 nitrogen and oxygen atoms in total. The minimum atomic E-state index is -2.96. The SMILES string of the molecule is CS(=O)(=O)C1CCCC(Oc2ccc3[nH]ccc3c2)C1. The summed E-state index contributed by atoms with van der Waals surface area (Å²) in [5.74, 6) is 0.816. The molecule has 1 aromatic carbocycles. The Morgan fingerprint density at radius 1 is 1.25 bits per heavy atom. The van der Waals surface area contributed by atoms with Gasteiger partial charge in [-0.05, 0) is 43.5 Å². The average molecular weight is 293 g/mol. The van der Waals surface area contributed by atoms with Gasteiger partial charge >= 0.3 is 0 Å².